The SMILES string of the molecule is COC(C)c1cc(OC(F)(F)F)ccc1Cl. The molecule has 0 aliphatic heterocycles. The Labute approximate surface area is 95.9 Å². The van der Waals surface area contributed by atoms with Gasteiger partial charge in [0, 0.05) is 17.7 Å². The van der Waals surface area contributed by atoms with Crippen LogP contribution >= 0.6 is 11.6 Å². The second-order valence-corrected chi connectivity index (χ2v) is 3.52. The second kappa shape index (κ2) is 4.93. The van der Waals surface area contributed by atoms with Crippen LogP contribution in [0.25, 0.3) is 0 Å². The predicted molar refractivity (Wildman–Crippen MR) is 53.6 cm³/mol. The van der Waals surface area contributed by atoms with Crippen LogP contribution in [0, 0.1) is 0 Å². The number of hydrogen-bond acceptors (Lipinski definition) is 2. The number of ether oxygens (including phenoxy) is 2. The summed E-state index contributed by atoms with van der Waals surface area (Å²) in [6.07, 6.45) is -5.11. The lowest BCUT2D eigenvalue weighted by atomic mass is 10.1. The number of halogens is 4. The largest absolute Gasteiger partial charge is 0.573 e. The Morgan fingerprint density at radius 3 is 2.44 bits per heavy atom. The highest BCUT2D eigenvalue weighted by Crippen LogP contribution is 2.31. The van der Waals surface area contributed by atoms with Crippen LogP contribution in [0.1, 0.15) is 18.6 Å². The summed E-state index contributed by atoms with van der Waals surface area (Å²) in [5.74, 6) is -0.309. The van der Waals surface area contributed by atoms with Gasteiger partial charge >= 0.3 is 6.36 Å². The van der Waals surface area contributed by atoms with Crippen LogP contribution in [0.15, 0.2) is 18.2 Å². The molecule has 1 atom stereocenters. The highest BCUT2D eigenvalue weighted by atomic mass is 35.5. The fraction of sp³-hybridized carbons (Fsp3) is 0.400. The molecule has 16 heavy (non-hydrogen) atoms. The van der Waals surface area contributed by atoms with Gasteiger partial charge in [0.25, 0.3) is 0 Å². The van der Waals surface area contributed by atoms with E-state index in [9.17, 15) is 13.2 Å². The Kier molecular flexibility index (Phi) is 4.04. The molecule has 0 N–H and O–H groups in total. The second-order valence-electron chi connectivity index (χ2n) is 3.11. The van der Waals surface area contributed by atoms with Gasteiger partial charge in [-0.2, -0.15) is 0 Å². The van der Waals surface area contributed by atoms with E-state index < -0.39 is 12.5 Å². The summed E-state index contributed by atoms with van der Waals surface area (Å²) < 4.78 is 44.7. The minimum absolute atomic E-state index is 0.309. The van der Waals surface area contributed by atoms with E-state index in [1.807, 2.05) is 0 Å². The lowest BCUT2D eigenvalue weighted by Crippen LogP contribution is -2.17. The van der Waals surface area contributed by atoms with Crippen molar-refractivity contribution in [2.45, 2.75) is 19.4 Å². The van der Waals surface area contributed by atoms with Crippen LogP contribution in [-0.2, 0) is 4.74 Å². The van der Waals surface area contributed by atoms with Gasteiger partial charge in [-0.1, -0.05) is 11.6 Å². The molecule has 6 heteroatoms. The molecular weight excluding hydrogens is 245 g/mol. The highest BCUT2D eigenvalue weighted by molar-refractivity contribution is 6.31. The van der Waals surface area contributed by atoms with Gasteiger partial charge in [-0.05, 0) is 25.1 Å². The molecule has 2 nitrogen and oxygen atoms in total. The summed E-state index contributed by atoms with van der Waals surface area (Å²) in [6.45, 7) is 1.68. The van der Waals surface area contributed by atoms with E-state index in [4.69, 9.17) is 16.3 Å². The first kappa shape index (κ1) is 13.1. The van der Waals surface area contributed by atoms with Crippen LogP contribution in [0.4, 0.5) is 13.2 Å². The monoisotopic (exact) mass is 254 g/mol. The highest BCUT2D eigenvalue weighted by Gasteiger charge is 2.31. The molecule has 1 unspecified atom stereocenters. The summed E-state index contributed by atoms with van der Waals surface area (Å²) in [6, 6.07) is 3.71. The summed E-state index contributed by atoms with van der Waals surface area (Å²) >= 11 is 5.82. The molecule has 0 amide bonds. The van der Waals surface area contributed by atoms with Gasteiger partial charge in [-0.15, -0.1) is 13.2 Å². The molecule has 0 saturated heterocycles. The Balaban J connectivity index is 2.98. The Hall–Kier alpha value is -0.940. The van der Waals surface area contributed by atoms with Gasteiger partial charge in [0.15, 0.2) is 0 Å². The summed E-state index contributed by atoms with van der Waals surface area (Å²) in [7, 11) is 1.44. The van der Waals surface area contributed by atoms with Crippen molar-refractivity contribution in [2.75, 3.05) is 7.11 Å². The molecule has 0 aliphatic carbocycles. The van der Waals surface area contributed by atoms with E-state index in [1.165, 1.54) is 19.2 Å². The molecular formula is C10H10ClF3O2. The third kappa shape index (κ3) is 3.57. The van der Waals surface area contributed by atoms with Crippen LogP contribution in [-0.4, -0.2) is 13.5 Å². The van der Waals surface area contributed by atoms with Crippen molar-refractivity contribution in [1.82, 2.24) is 0 Å². The molecule has 1 rings (SSSR count). The van der Waals surface area contributed by atoms with E-state index >= 15 is 0 Å². The van der Waals surface area contributed by atoms with Gasteiger partial charge in [-0.3, -0.25) is 0 Å². The Morgan fingerprint density at radius 2 is 1.94 bits per heavy atom. The van der Waals surface area contributed by atoms with E-state index in [0.29, 0.717) is 10.6 Å². The Morgan fingerprint density at radius 1 is 1.31 bits per heavy atom. The third-order valence-electron chi connectivity index (χ3n) is 1.99. The van der Waals surface area contributed by atoms with Gasteiger partial charge in [0.05, 0.1) is 6.10 Å². The first-order chi connectivity index (χ1) is 7.33. The van der Waals surface area contributed by atoms with Crippen molar-refractivity contribution in [2.24, 2.45) is 0 Å². The molecule has 0 aromatic heterocycles. The first-order valence-electron chi connectivity index (χ1n) is 4.41. The Bertz CT molecular complexity index is 366. The number of alkyl halides is 3. The maximum atomic E-state index is 12.0. The first-order valence-corrected chi connectivity index (χ1v) is 4.79. The lowest BCUT2D eigenvalue weighted by molar-refractivity contribution is -0.274. The molecule has 0 heterocycles. The van der Waals surface area contributed by atoms with Crippen LogP contribution in [0.3, 0.4) is 0 Å². The van der Waals surface area contributed by atoms with Crippen molar-refractivity contribution < 1.29 is 22.6 Å². The zero-order chi connectivity index (χ0) is 12.3. The molecule has 1 aromatic carbocycles. The third-order valence-corrected chi connectivity index (χ3v) is 2.34. The minimum Gasteiger partial charge on any atom is -0.406 e. The number of benzene rings is 1. The van der Waals surface area contributed by atoms with Crippen molar-refractivity contribution in [3.05, 3.63) is 28.8 Å². The van der Waals surface area contributed by atoms with Gasteiger partial charge in [-0.25, -0.2) is 0 Å². The number of methoxy groups -OCH3 is 1. The lowest BCUT2D eigenvalue weighted by Gasteiger charge is -2.14. The minimum atomic E-state index is -4.71. The average Bonchev–Trinajstić information content (AvgIpc) is 2.18. The fourth-order valence-corrected chi connectivity index (χ4v) is 1.43. The average molecular weight is 255 g/mol. The molecule has 0 radical (unpaired) electrons. The molecule has 0 bridgehead atoms. The fourth-order valence-electron chi connectivity index (χ4n) is 1.16. The molecule has 1 aromatic rings. The molecule has 0 spiro atoms. The zero-order valence-electron chi connectivity index (χ0n) is 8.64. The molecule has 0 saturated carbocycles. The van der Waals surface area contributed by atoms with Gasteiger partial charge in [0.2, 0.25) is 0 Å². The van der Waals surface area contributed by atoms with E-state index in [1.54, 1.807) is 6.92 Å². The van der Waals surface area contributed by atoms with E-state index in [-0.39, 0.29) is 5.75 Å². The molecule has 90 valence electrons. The summed E-state index contributed by atoms with van der Waals surface area (Å²) in [5.41, 5.74) is 0.450. The number of rotatable bonds is 3. The van der Waals surface area contributed by atoms with Crippen molar-refractivity contribution in [1.29, 1.82) is 0 Å². The topological polar surface area (TPSA) is 18.5 Å². The zero-order valence-corrected chi connectivity index (χ0v) is 9.39. The van der Waals surface area contributed by atoms with Crippen molar-refractivity contribution in [3.8, 4) is 5.75 Å². The molecule has 0 fully saturated rings. The van der Waals surface area contributed by atoms with Gasteiger partial charge < -0.3 is 9.47 Å². The van der Waals surface area contributed by atoms with Crippen LogP contribution in [0.5, 0.6) is 5.75 Å². The van der Waals surface area contributed by atoms with Crippen molar-refractivity contribution >= 4 is 11.6 Å². The summed E-state index contributed by atoms with van der Waals surface area (Å²) in [4.78, 5) is 0. The molecule has 0 aliphatic rings. The van der Waals surface area contributed by atoms with Crippen molar-refractivity contribution in [3.63, 3.8) is 0 Å². The predicted octanol–water partition coefficient (Wildman–Crippen LogP) is 3.95. The smallest absolute Gasteiger partial charge is 0.406 e. The number of hydrogen-bond donors (Lipinski definition) is 0. The van der Waals surface area contributed by atoms with E-state index in [0.717, 1.165) is 6.07 Å². The maximum Gasteiger partial charge on any atom is 0.573 e. The normalized spacial score (nSPS) is 13.6. The van der Waals surface area contributed by atoms with Crippen LogP contribution in [0.2, 0.25) is 5.02 Å². The van der Waals surface area contributed by atoms with E-state index in [2.05, 4.69) is 4.74 Å². The quantitative estimate of drug-likeness (QED) is 0.813. The maximum absolute atomic E-state index is 12.0. The van der Waals surface area contributed by atoms with Crippen LogP contribution < -0.4 is 4.74 Å². The summed E-state index contributed by atoms with van der Waals surface area (Å²) in [5, 5.41) is 0.337. The van der Waals surface area contributed by atoms with Gasteiger partial charge in [0.1, 0.15) is 5.75 Å². The standard InChI is InChI=1S/C10H10ClF3O2/c1-6(15-2)8-5-7(3-4-9(8)11)16-10(12,13)14/h3-6H,1-2H3.